The average molecular weight is 1050 g/mol. The number of aromatic nitrogens is 4. The van der Waals surface area contributed by atoms with Crippen LogP contribution in [0, 0.1) is 41.7 Å². The summed E-state index contributed by atoms with van der Waals surface area (Å²) in [5, 5.41) is 13.0. The molecule has 2 aliphatic heterocycles. The summed E-state index contributed by atoms with van der Waals surface area (Å²) in [4.78, 5) is 30.7. The van der Waals surface area contributed by atoms with Crippen molar-refractivity contribution in [1.29, 1.82) is 0 Å². The minimum Gasteiger partial charge on any atom is -0.388 e. The molecule has 4 atom stereocenters. The van der Waals surface area contributed by atoms with E-state index in [2.05, 4.69) is 35.0 Å². The fourth-order valence-electron chi connectivity index (χ4n) is 10.9. The van der Waals surface area contributed by atoms with E-state index in [0.29, 0.717) is 59.1 Å². The minimum atomic E-state index is -1.71. The van der Waals surface area contributed by atoms with Gasteiger partial charge in [0, 0.05) is 66.3 Å². The SMILES string of the molecule is CC(C)(F)[C@H](c1cc(F)cc(F)c1)C1CN(C(c2ccc(Cl)cc2)c2cccc(-c3n[nH]c(=O)o3)c2)C1.[C-]#[N+]c1ccc(C(c2cccc(-c3n[nH]c(=O)o3)c2)N2CC([C@@H](c3cc(F)cc(F)c3)C(C)(C)F)C2)cc1. The molecular formula is C57H50ClF6N7O4. The van der Waals surface area contributed by atoms with E-state index in [1.54, 1.807) is 36.4 Å². The summed E-state index contributed by atoms with van der Waals surface area (Å²) in [5.74, 6) is -5.62. The van der Waals surface area contributed by atoms with Crippen molar-refractivity contribution in [2.75, 3.05) is 26.2 Å². The van der Waals surface area contributed by atoms with Crippen LogP contribution in [0.2, 0.25) is 5.02 Å². The second-order valence-corrected chi connectivity index (χ2v) is 20.5. The zero-order valence-corrected chi connectivity index (χ0v) is 41.8. The highest BCUT2D eigenvalue weighted by Crippen LogP contribution is 2.48. The molecule has 2 aliphatic rings. The number of nitrogens with zero attached hydrogens (tertiary/aromatic N) is 5. The largest absolute Gasteiger partial charge is 0.434 e. The number of rotatable bonds is 14. The van der Waals surface area contributed by atoms with Crippen LogP contribution in [0.25, 0.3) is 27.8 Å². The molecule has 8 aromatic rings. The number of nitrogens with one attached hydrogen (secondary N) is 2. The first-order chi connectivity index (χ1) is 35.7. The number of benzene rings is 6. The van der Waals surface area contributed by atoms with Gasteiger partial charge in [-0.25, -0.2) is 51.0 Å². The Bertz CT molecular complexity index is 3420. The van der Waals surface area contributed by atoms with Crippen LogP contribution in [-0.4, -0.2) is 67.7 Å². The first-order valence-corrected chi connectivity index (χ1v) is 24.4. The molecule has 0 radical (unpaired) electrons. The number of halogens is 7. The maximum absolute atomic E-state index is 15.4. The predicted molar refractivity (Wildman–Crippen MR) is 272 cm³/mol. The monoisotopic (exact) mass is 1050 g/mol. The van der Waals surface area contributed by atoms with E-state index >= 15 is 8.78 Å². The van der Waals surface area contributed by atoms with E-state index in [9.17, 15) is 27.2 Å². The Morgan fingerprint density at radius 1 is 0.560 bits per heavy atom. The second kappa shape index (κ2) is 21.4. The molecule has 0 spiro atoms. The Kier molecular flexibility index (Phi) is 14.9. The molecular weight excluding hydrogens is 996 g/mol. The quantitative estimate of drug-likeness (QED) is 0.0814. The highest BCUT2D eigenvalue weighted by atomic mass is 35.5. The van der Waals surface area contributed by atoms with Crippen molar-refractivity contribution in [2.24, 2.45) is 11.8 Å². The molecule has 2 saturated heterocycles. The molecule has 2 aromatic heterocycles. The van der Waals surface area contributed by atoms with Crippen LogP contribution in [0.4, 0.5) is 32.0 Å². The van der Waals surface area contributed by atoms with Crippen LogP contribution in [-0.2, 0) is 0 Å². The van der Waals surface area contributed by atoms with Gasteiger partial charge in [-0.3, -0.25) is 9.80 Å². The van der Waals surface area contributed by atoms with Crippen LogP contribution >= 0.6 is 11.6 Å². The van der Waals surface area contributed by atoms with Gasteiger partial charge in [0.2, 0.25) is 11.8 Å². The van der Waals surface area contributed by atoms with Crippen LogP contribution in [0.5, 0.6) is 0 Å². The molecule has 75 heavy (non-hydrogen) atoms. The Labute approximate surface area is 432 Å². The predicted octanol–water partition coefficient (Wildman–Crippen LogP) is 12.9. The van der Waals surface area contributed by atoms with Gasteiger partial charge in [-0.15, -0.1) is 10.2 Å². The molecule has 386 valence electrons. The molecule has 6 aromatic carbocycles. The molecule has 11 nitrogen and oxygen atoms in total. The molecule has 10 rings (SSSR count). The number of hydrogen-bond acceptors (Lipinski definition) is 8. The summed E-state index contributed by atoms with van der Waals surface area (Å²) in [5.41, 5.74) is 2.65. The highest BCUT2D eigenvalue weighted by molar-refractivity contribution is 6.30. The average Bonchev–Trinajstić information content (AvgIpc) is 3.98. The molecule has 2 fully saturated rings. The van der Waals surface area contributed by atoms with Crippen molar-refractivity contribution >= 4 is 17.3 Å². The van der Waals surface area contributed by atoms with Crippen LogP contribution in [0.15, 0.2) is 152 Å². The van der Waals surface area contributed by atoms with Gasteiger partial charge in [-0.2, -0.15) is 0 Å². The van der Waals surface area contributed by atoms with Crippen molar-refractivity contribution in [3.05, 3.63) is 228 Å². The van der Waals surface area contributed by atoms with Gasteiger partial charge in [-0.1, -0.05) is 72.3 Å². The summed E-state index contributed by atoms with van der Waals surface area (Å²) >= 11 is 6.14. The summed E-state index contributed by atoms with van der Waals surface area (Å²) < 4.78 is 97.1. The van der Waals surface area contributed by atoms with Gasteiger partial charge >= 0.3 is 11.5 Å². The van der Waals surface area contributed by atoms with Gasteiger partial charge in [-0.05, 0) is 134 Å². The zero-order valence-electron chi connectivity index (χ0n) is 41.0. The standard InChI is InChI=1S/C29H25F3N4O2.C28H25ClF3N3O2/c1-29(2,32)25(20-12-22(30)14-23(31)13-20)21-15-36(16-21)26(17-7-9-24(33-3)10-8-17)18-5-4-6-19(11-18)27-34-35-28(37)38-27;1-28(2,32)24(19-11-22(30)13-23(31)12-19)20-14-35(15-20)25(16-6-8-21(29)9-7-16)17-4-3-5-18(10-17)26-33-34-27(36)37-26/h4-14,21,25-26H,15-16H2,1-2H3,(H,35,37);3-13,20,24-25H,14-15H2,1-2H3,(H,34,36)/t25-,26?;24-,25?/m11/s1. The second-order valence-electron chi connectivity index (χ2n) is 20.1. The fourth-order valence-corrected chi connectivity index (χ4v) is 11.0. The maximum atomic E-state index is 15.4. The van der Waals surface area contributed by atoms with E-state index < -0.39 is 58.0 Å². The number of H-pyrrole nitrogens is 2. The first-order valence-electron chi connectivity index (χ1n) is 24.0. The van der Waals surface area contributed by atoms with Gasteiger partial charge in [0.25, 0.3) is 0 Å². The van der Waals surface area contributed by atoms with Gasteiger partial charge in [0.15, 0.2) is 5.69 Å². The van der Waals surface area contributed by atoms with E-state index in [1.165, 1.54) is 52.0 Å². The molecule has 0 saturated carbocycles. The third kappa shape index (κ3) is 11.9. The molecule has 0 bridgehead atoms. The Balaban J connectivity index is 0.000000184. The molecule has 0 aliphatic carbocycles. The van der Waals surface area contributed by atoms with Crippen molar-refractivity contribution in [2.45, 2.75) is 63.0 Å². The lowest BCUT2D eigenvalue weighted by Gasteiger charge is -2.50. The maximum Gasteiger partial charge on any atom is 0.434 e. The first kappa shape index (κ1) is 52.3. The third-order valence-electron chi connectivity index (χ3n) is 13.8. The van der Waals surface area contributed by atoms with Crippen molar-refractivity contribution in [3.8, 4) is 22.9 Å². The van der Waals surface area contributed by atoms with Gasteiger partial charge in [0.05, 0.1) is 18.7 Å². The molecule has 2 N–H and O–H groups in total. The summed E-state index contributed by atoms with van der Waals surface area (Å²) in [7, 11) is 0. The summed E-state index contributed by atoms with van der Waals surface area (Å²) in [6.07, 6.45) is 0. The zero-order chi connectivity index (χ0) is 53.3. The third-order valence-corrected chi connectivity index (χ3v) is 14.1. The Hall–Kier alpha value is -7.52. The van der Waals surface area contributed by atoms with E-state index in [-0.39, 0.29) is 35.7 Å². The molecule has 18 heteroatoms. The Morgan fingerprint density at radius 3 is 1.27 bits per heavy atom. The van der Waals surface area contributed by atoms with Crippen LogP contribution in [0.1, 0.15) is 85.0 Å². The van der Waals surface area contributed by atoms with E-state index in [4.69, 9.17) is 27.0 Å². The summed E-state index contributed by atoms with van der Waals surface area (Å²) in [6.45, 7) is 15.0. The van der Waals surface area contributed by atoms with Gasteiger partial charge in [0.1, 0.15) is 34.6 Å². The number of aromatic amines is 2. The Morgan fingerprint density at radius 2 is 0.933 bits per heavy atom. The van der Waals surface area contributed by atoms with Crippen molar-refractivity contribution < 1.29 is 35.2 Å². The lowest BCUT2D eigenvalue weighted by atomic mass is 9.72. The smallest absolute Gasteiger partial charge is 0.388 e. The minimum absolute atomic E-state index is 0.160. The molecule has 4 heterocycles. The van der Waals surface area contributed by atoms with Gasteiger partial charge < -0.3 is 8.83 Å². The molecule has 0 amide bonds. The number of hydrogen-bond donors (Lipinski definition) is 2. The number of likely N-dealkylation sites (tertiary alicyclic amines) is 2. The normalized spacial score (nSPS) is 16.2. The lowest BCUT2D eigenvalue weighted by Crippen LogP contribution is -2.53. The van der Waals surface area contributed by atoms with Crippen molar-refractivity contribution in [1.82, 2.24) is 30.2 Å². The van der Waals surface area contributed by atoms with Crippen molar-refractivity contribution in [3.63, 3.8) is 0 Å². The lowest BCUT2D eigenvalue weighted by molar-refractivity contribution is 0.00789. The van der Waals surface area contributed by atoms with Crippen LogP contribution < -0.4 is 11.5 Å². The molecule has 2 unspecified atom stereocenters. The topological polar surface area (TPSA) is 129 Å². The van der Waals surface area contributed by atoms with E-state index in [1.807, 2.05) is 60.7 Å². The fraction of sp³-hybridized carbons (Fsp3) is 0.281. The number of alkyl halides is 2. The van der Waals surface area contributed by atoms with Crippen LogP contribution in [0.3, 0.4) is 0 Å². The van der Waals surface area contributed by atoms with E-state index in [0.717, 1.165) is 34.4 Å². The summed E-state index contributed by atoms with van der Waals surface area (Å²) in [6, 6.07) is 35.6. The highest BCUT2D eigenvalue weighted by Gasteiger charge is 2.47.